The van der Waals surface area contributed by atoms with E-state index in [0.29, 0.717) is 12.2 Å². The molecule has 1 saturated heterocycles. The first-order valence-corrected chi connectivity index (χ1v) is 9.25. The van der Waals surface area contributed by atoms with Crippen LogP contribution in [0.15, 0.2) is 53.6 Å². The smallest absolute Gasteiger partial charge is 0.240 e. The standard InChI is InChI=1S/C17H18N4O2S/c18-11-14-8-9-16(12-19-14)21-10-4-5-15(13-21)20-24(22,23)17-6-2-1-3-7-17/h1-3,6-9,12,15,20H,4-5,10,13H2/t15-/m0/s1. The largest absolute Gasteiger partial charge is 0.369 e. The Morgan fingerprint density at radius 3 is 2.67 bits per heavy atom. The summed E-state index contributed by atoms with van der Waals surface area (Å²) in [6.07, 6.45) is 3.35. The summed E-state index contributed by atoms with van der Waals surface area (Å²) in [6.45, 7) is 1.43. The van der Waals surface area contributed by atoms with Crippen molar-refractivity contribution in [2.45, 2.75) is 23.8 Å². The van der Waals surface area contributed by atoms with Crippen LogP contribution < -0.4 is 9.62 Å². The quantitative estimate of drug-likeness (QED) is 0.917. The molecule has 0 amide bonds. The van der Waals surface area contributed by atoms with Gasteiger partial charge in [-0.1, -0.05) is 18.2 Å². The molecule has 7 heteroatoms. The van der Waals surface area contributed by atoms with E-state index in [2.05, 4.69) is 14.6 Å². The monoisotopic (exact) mass is 342 g/mol. The van der Waals surface area contributed by atoms with Crippen LogP contribution in [0.25, 0.3) is 0 Å². The van der Waals surface area contributed by atoms with E-state index in [1.165, 1.54) is 0 Å². The zero-order chi connectivity index (χ0) is 17.0. The fourth-order valence-corrected chi connectivity index (χ4v) is 4.12. The summed E-state index contributed by atoms with van der Waals surface area (Å²) in [5.41, 5.74) is 1.27. The number of nitrogens with zero attached hydrogens (tertiary/aromatic N) is 3. The van der Waals surface area contributed by atoms with E-state index >= 15 is 0 Å². The van der Waals surface area contributed by atoms with Gasteiger partial charge in [-0.05, 0) is 37.1 Å². The highest BCUT2D eigenvalue weighted by Crippen LogP contribution is 2.20. The van der Waals surface area contributed by atoms with Crippen LogP contribution in [0.4, 0.5) is 5.69 Å². The van der Waals surface area contributed by atoms with Crippen molar-refractivity contribution in [3.05, 3.63) is 54.4 Å². The normalized spacial score (nSPS) is 18.1. The van der Waals surface area contributed by atoms with Gasteiger partial charge in [-0.2, -0.15) is 5.26 Å². The molecule has 0 bridgehead atoms. The molecule has 6 nitrogen and oxygen atoms in total. The first-order valence-electron chi connectivity index (χ1n) is 7.77. The molecule has 24 heavy (non-hydrogen) atoms. The third-order valence-electron chi connectivity index (χ3n) is 4.02. The molecular formula is C17H18N4O2S. The molecule has 0 spiro atoms. The maximum atomic E-state index is 12.4. The highest BCUT2D eigenvalue weighted by Gasteiger charge is 2.25. The lowest BCUT2D eigenvalue weighted by Gasteiger charge is -2.34. The van der Waals surface area contributed by atoms with Crippen molar-refractivity contribution in [2.75, 3.05) is 18.0 Å². The van der Waals surface area contributed by atoms with Crippen LogP contribution in [0.5, 0.6) is 0 Å². The number of benzene rings is 1. The molecule has 1 N–H and O–H groups in total. The Morgan fingerprint density at radius 1 is 1.21 bits per heavy atom. The van der Waals surface area contributed by atoms with E-state index < -0.39 is 10.0 Å². The van der Waals surface area contributed by atoms with Crippen molar-refractivity contribution < 1.29 is 8.42 Å². The highest BCUT2D eigenvalue weighted by molar-refractivity contribution is 7.89. The lowest BCUT2D eigenvalue weighted by atomic mass is 10.1. The van der Waals surface area contributed by atoms with Gasteiger partial charge < -0.3 is 4.90 Å². The average Bonchev–Trinajstić information content (AvgIpc) is 2.62. The summed E-state index contributed by atoms with van der Waals surface area (Å²) in [6, 6.07) is 13.8. The number of rotatable bonds is 4. The van der Waals surface area contributed by atoms with Crippen molar-refractivity contribution in [1.82, 2.24) is 9.71 Å². The van der Waals surface area contributed by atoms with Crippen LogP contribution in [-0.4, -0.2) is 32.5 Å². The van der Waals surface area contributed by atoms with Crippen molar-refractivity contribution in [2.24, 2.45) is 0 Å². The third kappa shape index (κ3) is 3.72. The van der Waals surface area contributed by atoms with Crippen LogP contribution in [0.2, 0.25) is 0 Å². The number of piperidine rings is 1. The van der Waals surface area contributed by atoms with Gasteiger partial charge in [-0.15, -0.1) is 0 Å². The molecule has 3 rings (SSSR count). The van der Waals surface area contributed by atoms with Crippen LogP contribution >= 0.6 is 0 Å². The molecule has 1 atom stereocenters. The van der Waals surface area contributed by atoms with Crippen LogP contribution in [0, 0.1) is 11.3 Å². The first-order chi connectivity index (χ1) is 11.6. The topological polar surface area (TPSA) is 86.1 Å². The summed E-state index contributed by atoms with van der Waals surface area (Å²) < 4.78 is 27.7. The Kier molecular flexibility index (Phi) is 4.79. The zero-order valence-corrected chi connectivity index (χ0v) is 13.9. The summed E-state index contributed by atoms with van der Waals surface area (Å²) in [5.74, 6) is 0. The molecule has 0 aliphatic carbocycles. The van der Waals surface area contributed by atoms with Gasteiger partial charge in [0.2, 0.25) is 10.0 Å². The summed E-state index contributed by atoms with van der Waals surface area (Å²) in [4.78, 5) is 6.45. The second-order valence-electron chi connectivity index (χ2n) is 5.73. The van der Waals surface area contributed by atoms with Gasteiger partial charge in [-0.25, -0.2) is 18.1 Å². The molecule has 1 aliphatic heterocycles. The van der Waals surface area contributed by atoms with Crippen molar-refractivity contribution in [3.8, 4) is 6.07 Å². The summed E-state index contributed by atoms with van der Waals surface area (Å²) in [7, 11) is -3.51. The Bertz CT molecular complexity index is 829. The maximum absolute atomic E-state index is 12.4. The van der Waals surface area contributed by atoms with Gasteiger partial charge in [-0.3, -0.25) is 0 Å². The molecule has 124 valence electrons. The van der Waals surface area contributed by atoms with Crippen molar-refractivity contribution in [3.63, 3.8) is 0 Å². The van der Waals surface area contributed by atoms with E-state index in [0.717, 1.165) is 25.1 Å². The Balaban J connectivity index is 1.70. The number of nitriles is 1. The minimum absolute atomic E-state index is 0.153. The van der Waals surface area contributed by atoms with Gasteiger partial charge in [0.1, 0.15) is 11.8 Å². The highest BCUT2D eigenvalue weighted by atomic mass is 32.2. The van der Waals surface area contributed by atoms with E-state index in [9.17, 15) is 8.42 Å². The third-order valence-corrected chi connectivity index (χ3v) is 5.56. The van der Waals surface area contributed by atoms with Gasteiger partial charge >= 0.3 is 0 Å². The molecule has 1 aromatic carbocycles. The predicted octanol–water partition coefficient (Wildman–Crippen LogP) is 1.90. The number of nitrogens with one attached hydrogen (secondary N) is 1. The number of anilines is 1. The minimum Gasteiger partial charge on any atom is -0.369 e. The molecule has 2 heterocycles. The Labute approximate surface area is 141 Å². The fourth-order valence-electron chi connectivity index (χ4n) is 2.83. The lowest BCUT2D eigenvalue weighted by Crippen LogP contribution is -2.47. The van der Waals surface area contributed by atoms with Gasteiger partial charge in [0, 0.05) is 19.1 Å². The minimum atomic E-state index is -3.51. The van der Waals surface area contributed by atoms with E-state index in [1.807, 2.05) is 12.1 Å². The number of aromatic nitrogens is 1. The van der Waals surface area contributed by atoms with Crippen molar-refractivity contribution in [1.29, 1.82) is 5.26 Å². The van der Waals surface area contributed by atoms with E-state index in [1.54, 1.807) is 42.6 Å². The maximum Gasteiger partial charge on any atom is 0.240 e. The van der Waals surface area contributed by atoms with Gasteiger partial charge in [0.05, 0.1) is 16.8 Å². The summed E-state index contributed by atoms with van der Waals surface area (Å²) in [5, 5.41) is 8.81. The molecule has 1 aliphatic rings. The average molecular weight is 342 g/mol. The van der Waals surface area contributed by atoms with Gasteiger partial charge in [0.25, 0.3) is 0 Å². The molecule has 1 aromatic heterocycles. The first kappa shape index (κ1) is 16.4. The second kappa shape index (κ2) is 6.99. The molecular weight excluding hydrogens is 324 g/mol. The Morgan fingerprint density at radius 2 is 2.00 bits per heavy atom. The predicted molar refractivity (Wildman–Crippen MR) is 91.0 cm³/mol. The van der Waals surface area contributed by atoms with E-state index in [-0.39, 0.29) is 10.9 Å². The van der Waals surface area contributed by atoms with Crippen LogP contribution in [0.1, 0.15) is 18.5 Å². The van der Waals surface area contributed by atoms with Gasteiger partial charge in [0.15, 0.2) is 0 Å². The number of sulfonamides is 1. The molecule has 2 aromatic rings. The van der Waals surface area contributed by atoms with Crippen molar-refractivity contribution >= 4 is 15.7 Å². The molecule has 0 radical (unpaired) electrons. The number of hydrogen-bond acceptors (Lipinski definition) is 5. The summed E-state index contributed by atoms with van der Waals surface area (Å²) >= 11 is 0. The SMILES string of the molecule is N#Cc1ccc(N2CCC[C@H](NS(=O)(=O)c3ccccc3)C2)cn1. The lowest BCUT2D eigenvalue weighted by molar-refractivity contribution is 0.466. The zero-order valence-electron chi connectivity index (χ0n) is 13.1. The van der Waals surface area contributed by atoms with Crippen LogP contribution in [-0.2, 0) is 10.0 Å². The number of hydrogen-bond donors (Lipinski definition) is 1. The van der Waals surface area contributed by atoms with Crippen LogP contribution in [0.3, 0.4) is 0 Å². The van der Waals surface area contributed by atoms with E-state index in [4.69, 9.17) is 5.26 Å². The Hall–Kier alpha value is -2.43. The second-order valence-corrected chi connectivity index (χ2v) is 7.45. The molecule has 0 saturated carbocycles. The number of pyridine rings is 1. The molecule has 1 fully saturated rings. The molecule has 0 unspecified atom stereocenters. The fraction of sp³-hybridized carbons (Fsp3) is 0.294.